The van der Waals surface area contributed by atoms with Gasteiger partial charge in [-0.15, -0.1) is 0 Å². The fourth-order valence-electron chi connectivity index (χ4n) is 11.8. The lowest BCUT2D eigenvalue weighted by Crippen LogP contribution is -2.10. The summed E-state index contributed by atoms with van der Waals surface area (Å²) in [5, 5.41) is 10.1. The van der Waals surface area contributed by atoms with Crippen LogP contribution in [0.3, 0.4) is 0 Å². The van der Waals surface area contributed by atoms with Gasteiger partial charge in [-0.2, -0.15) is 0 Å². The first kappa shape index (κ1) is 44.1. The molecule has 9 aromatic carbocycles. The van der Waals surface area contributed by atoms with E-state index in [2.05, 4.69) is 270 Å². The number of benzene rings is 9. The average Bonchev–Trinajstić information content (AvgIpc) is 4.09. The predicted molar refractivity (Wildman–Crippen MR) is 311 cm³/mol. The number of aromatic nitrogens is 2. The smallest absolute Gasteiger partial charge is 0.0622 e. The highest BCUT2D eigenvalue weighted by molar-refractivity contribution is 6.30. The molecule has 0 saturated heterocycles. The van der Waals surface area contributed by atoms with Crippen molar-refractivity contribution in [2.75, 3.05) is 9.80 Å². The van der Waals surface area contributed by atoms with Gasteiger partial charge in [0, 0.05) is 77.2 Å². The maximum atomic E-state index is 2.57. The minimum absolute atomic E-state index is 0.00941. The highest BCUT2D eigenvalue weighted by atomic mass is 15.1. The first-order valence-corrected chi connectivity index (χ1v) is 26.0. The monoisotopic (exact) mass is 934 g/mol. The first-order valence-electron chi connectivity index (χ1n) is 26.0. The van der Waals surface area contributed by atoms with E-state index < -0.39 is 0 Å². The quantitative estimate of drug-likeness (QED) is 0.151. The summed E-state index contributed by atoms with van der Waals surface area (Å²) in [7, 11) is 0. The van der Waals surface area contributed by atoms with E-state index in [1.807, 2.05) is 0 Å². The molecule has 354 valence electrons. The molecule has 4 nitrogen and oxygen atoms in total. The van der Waals surface area contributed by atoms with Crippen LogP contribution in [0.4, 0.5) is 34.1 Å². The SMILES string of the molecule is CC(C)c1ccc(N(c2ccccc2)c2cc3c4cc(C(C)(C)C)ccc4n4c5cc6c7cc(N(c8ccccc8)c8ccc(C(C)C)cc8)cc8c9cc(C(C)(C)C)ccc9n(c6cc5c(c2)c34)c87)cc1. The minimum Gasteiger partial charge on any atom is -0.310 e. The molecule has 0 fully saturated rings. The molecule has 0 aliphatic heterocycles. The van der Waals surface area contributed by atoms with Crippen molar-refractivity contribution in [1.82, 2.24) is 8.80 Å². The highest BCUT2D eigenvalue weighted by Gasteiger charge is 2.28. The van der Waals surface area contributed by atoms with Gasteiger partial charge < -0.3 is 18.6 Å². The van der Waals surface area contributed by atoms with Crippen LogP contribution in [0.1, 0.15) is 103 Å². The first-order chi connectivity index (χ1) is 34.6. The van der Waals surface area contributed by atoms with E-state index in [-0.39, 0.29) is 10.8 Å². The Morgan fingerprint density at radius 3 is 0.944 bits per heavy atom. The number of hydrogen-bond donors (Lipinski definition) is 0. The number of fused-ring (bicyclic) bond motifs is 12. The summed E-state index contributed by atoms with van der Waals surface area (Å²) in [6, 6.07) is 69.4. The molecule has 0 saturated carbocycles. The lowest BCUT2D eigenvalue weighted by molar-refractivity contribution is 0.591. The second-order valence-electron chi connectivity index (χ2n) is 23.1. The number of para-hydroxylation sites is 2. The van der Waals surface area contributed by atoms with E-state index in [1.54, 1.807) is 0 Å². The normalized spacial score (nSPS) is 12.8. The third-order valence-corrected chi connectivity index (χ3v) is 15.8. The molecule has 13 aromatic rings. The topological polar surface area (TPSA) is 15.3 Å². The number of hydrogen-bond acceptors (Lipinski definition) is 2. The Morgan fingerprint density at radius 2 is 0.625 bits per heavy atom. The maximum Gasteiger partial charge on any atom is 0.0622 e. The summed E-state index contributed by atoms with van der Waals surface area (Å²) < 4.78 is 5.15. The van der Waals surface area contributed by atoms with Crippen molar-refractivity contribution in [3.63, 3.8) is 0 Å². The van der Waals surface area contributed by atoms with Gasteiger partial charge in [-0.25, -0.2) is 0 Å². The third-order valence-electron chi connectivity index (χ3n) is 15.8. The van der Waals surface area contributed by atoms with Crippen LogP contribution in [-0.2, 0) is 10.8 Å². The standard InChI is InChI=1S/C68H62N4/c1-41(2)43-21-27-49(28-22-43)69(47-17-13-11-14-18-47)51-35-57-53-33-45(67(5,6)7)25-31-61(53)71-63-40-56-60-38-52(70(48-19-15-12-16-20-48)50-29-23-44(24-30-50)42(3)4)36-58-54-34-46(68(8,9)10)26-32-62(54)72(66(58)60)64(56)39-55(63)59(37-51)65(57)71/h11-42H,1-10H3. The zero-order chi connectivity index (χ0) is 49.5. The van der Waals surface area contributed by atoms with Crippen molar-refractivity contribution < 1.29 is 0 Å². The van der Waals surface area contributed by atoms with Gasteiger partial charge in [0.1, 0.15) is 0 Å². The van der Waals surface area contributed by atoms with Gasteiger partial charge in [-0.1, -0.05) is 142 Å². The Hall–Kier alpha value is -7.82. The van der Waals surface area contributed by atoms with Gasteiger partial charge in [0.15, 0.2) is 0 Å². The summed E-state index contributed by atoms with van der Waals surface area (Å²) in [4.78, 5) is 4.90. The van der Waals surface area contributed by atoms with Crippen LogP contribution in [0.15, 0.2) is 182 Å². The molecule has 4 aromatic heterocycles. The molecule has 0 spiro atoms. The van der Waals surface area contributed by atoms with Crippen molar-refractivity contribution in [3.8, 4) is 0 Å². The molecule has 4 heteroatoms. The van der Waals surface area contributed by atoms with Crippen LogP contribution in [0.2, 0.25) is 0 Å². The largest absolute Gasteiger partial charge is 0.310 e. The second kappa shape index (κ2) is 15.8. The van der Waals surface area contributed by atoms with Gasteiger partial charge in [0.05, 0.1) is 33.1 Å². The van der Waals surface area contributed by atoms with Crippen molar-refractivity contribution in [1.29, 1.82) is 0 Å². The highest BCUT2D eigenvalue weighted by Crippen LogP contribution is 2.50. The van der Waals surface area contributed by atoms with Crippen LogP contribution < -0.4 is 9.80 Å². The Kier molecular flexibility index (Phi) is 9.71. The third kappa shape index (κ3) is 6.71. The van der Waals surface area contributed by atoms with Crippen molar-refractivity contribution in [2.24, 2.45) is 0 Å². The van der Waals surface area contributed by atoms with Gasteiger partial charge >= 0.3 is 0 Å². The van der Waals surface area contributed by atoms with E-state index in [9.17, 15) is 0 Å². The van der Waals surface area contributed by atoms with E-state index in [4.69, 9.17) is 0 Å². The molecule has 0 unspecified atom stereocenters. The van der Waals surface area contributed by atoms with Crippen molar-refractivity contribution in [2.45, 2.75) is 91.9 Å². The molecule has 0 aliphatic rings. The number of anilines is 6. The molecule has 0 N–H and O–H groups in total. The molecule has 0 atom stereocenters. The molecule has 0 bridgehead atoms. The summed E-state index contributed by atoms with van der Waals surface area (Å²) in [5.41, 5.74) is 19.6. The Bertz CT molecular complexity index is 3920. The molecule has 0 amide bonds. The maximum absolute atomic E-state index is 2.57. The van der Waals surface area contributed by atoms with Crippen molar-refractivity contribution in [3.05, 3.63) is 204 Å². The second-order valence-corrected chi connectivity index (χ2v) is 23.1. The summed E-state index contributed by atoms with van der Waals surface area (Å²) in [6.45, 7) is 23.0. The predicted octanol–water partition coefficient (Wildman–Crippen LogP) is 19.8. The molecule has 0 radical (unpaired) electrons. The minimum atomic E-state index is -0.00941. The lowest BCUT2D eigenvalue weighted by atomic mass is 9.86. The molecule has 4 heterocycles. The van der Waals surface area contributed by atoms with Crippen LogP contribution in [0, 0.1) is 0 Å². The van der Waals surface area contributed by atoms with Gasteiger partial charge in [-0.3, -0.25) is 0 Å². The summed E-state index contributed by atoms with van der Waals surface area (Å²) >= 11 is 0. The van der Waals surface area contributed by atoms with Gasteiger partial charge in [0.25, 0.3) is 0 Å². The molecule has 13 rings (SSSR count). The van der Waals surface area contributed by atoms with Crippen LogP contribution in [-0.4, -0.2) is 8.80 Å². The van der Waals surface area contributed by atoms with Gasteiger partial charge in [0.2, 0.25) is 0 Å². The lowest BCUT2D eigenvalue weighted by Gasteiger charge is -2.26. The molecule has 0 aliphatic carbocycles. The van der Waals surface area contributed by atoms with Gasteiger partial charge in [-0.05, 0) is 154 Å². The van der Waals surface area contributed by atoms with E-state index >= 15 is 0 Å². The summed E-state index contributed by atoms with van der Waals surface area (Å²) in [5.74, 6) is 0.897. The fourth-order valence-corrected chi connectivity index (χ4v) is 11.8. The van der Waals surface area contributed by atoms with Crippen LogP contribution in [0.5, 0.6) is 0 Å². The molecular weight excluding hydrogens is 873 g/mol. The zero-order valence-corrected chi connectivity index (χ0v) is 43.3. The number of rotatable bonds is 8. The van der Waals surface area contributed by atoms with E-state index in [0.717, 1.165) is 34.1 Å². The molecular formula is C68H62N4. The molecule has 72 heavy (non-hydrogen) atoms. The Labute approximate surface area is 423 Å². The van der Waals surface area contributed by atoms with E-state index in [1.165, 1.54) is 98.4 Å². The Balaban J connectivity index is 1.15. The number of nitrogens with zero attached hydrogens (tertiary/aromatic N) is 4. The van der Waals surface area contributed by atoms with E-state index in [0.29, 0.717) is 11.8 Å². The Morgan fingerprint density at radius 1 is 0.306 bits per heavy atom. The fraction of sp³-hybridized carbons (Fsp3) is 0.206. The zero-order valence-electron chi connectivity index (χ0n) is 43.3. The van der Waals surface area contributed by atoms with Crippen molar-refractivity contribution >= 4 is 110 Å². The van der Waals surface area contributed by atoms with Crippen LogP contribution in [0.25, 0.3) is 76.2 Å². The average molecular weight is 935 g/mol. The van der Waals surface area contributed by atoms with Crippen LogP contribution >= 0.6 is 0 Å². The summed E-state index contributed by atoms with van der Waals surface area (Å²) in [6.07, 6.45) is 0.